The van der Waals surface area contributed by atoms with Crippen molar-refractivity contribution in [2.45, 2.75) is 44.9 Å². The van der Waals surface area contributed by atoms with Gasteiger partial charge in [-0.3, -0.25) is 9.69 Å². The number of rotatable bonds is 5. The smallest absolute Gasteiger partial charge is 0.228 e. The van der Waals surface area contributed by atoms with Gasteiger partial charge in [-0.25, -0.2) is 0 Å². The Kier molecular flexibility index (Phi) is 4.86. The molecule has 152 valence electrons. The molecular weight excluding hydrogens is 348 g/mol. The van der Waals surface area contributed by atoms with E-state index in [0.717, 1.165) is 62.6 Å². The summed E-state index contributed by atoms with van der Waals surface area (Å²) in [5, 5.41) is 0. The number of ether oxygens (including phenoxy) is 1. The molecule has 0 aromatic heterocycles. The van der Waals surface area contributed by atoms with Gasteiger partial charge in [0, 0.05) is 32.7 Å². The second-order valence-electron chi connectivity index (χ2n) is 9.89. The molecule has 4 heteroatoms. The van der Waals surface area contributed by atoms with Crippen LogP contribution in [-0.2, 0) is 11.2 Å². The molecule has 1 amide bonds. The molecule has 5 aliphatic rings. The lowest BCUT2D eigenvalue weighted by molar-refractivity contribution is -0.159. The number of nitrogens with zero attached hydrogens (tertiary/aromatic N) is 2. The van der Waals surface area contributed by atoms with Gasteiger partial charge in [0.05, 0.1) is 12.5 Å². The van der Waals surface area contributed by atoms with Gasteiger partial charge in [-0.2, -0.15) is 0 Å². The quantitative estimate of drug-likeness (QED) is 0.780. The van der Waals surface area contributed by atoms with Crippen molar-refractivity contribution in [1.29, 1.82) is 0 Å². The molecular formula is C24H34N2O2. The molecule has 28 heavy (non-hydrogen) atoms. The minimum absolute atomic E-state index is 0.0221. The van der Waals surface area contributed by atoms with Gasteiger partial charge in [0.1, 0.15) is 5.75 Å². The van der Waals surface area contributed by atoms with Crippen LogP contribution in [0.25, 0.3) is 0 Å². The maximum atomic E-state index is 13.5. The molecule has 1 aliphatic heterocycles. The molecule has 0 atom stereocenters. The zero-order valence-electron chi connectivity index (χ0n) is 17.2. The Morgan fingerprint density at radius 1 is 1.00 bits per heavy atom. The van der Waals surface area contributed by atoms with Crippen molar-refractivity contribution in [3.05, 3.63) is 29.8 Å². The fourth-order valence-corrected chi connectivity index (χ4v) is 7.07. The van der Waals surface area contributed by atoms with Crippen LogP contribution in [0, 0.1) is 23.2 Å². The van der Waals surface area contributed by atoms with Crippen LogP contribution in [0.2, 0.25) is 0 Å². The number of piperazine rings is 1. The van der Waals surface area contributed by atoms with Gasteiger partial charge in [0.15, 0.2) is 0 Å². The van der Waals surface area contributed by atoms with E-state index in [9.17, 15) is 4.79 Å². The zero-order chi connectivity index (χ0) is 19.1. The fourth-order valence-electron chi connectivity index (χ4n) is 7.07. The first-order valence-corrected chi connectivity index (χ1v) is 11.3. The average molecular weight is 383 g/mol. The number of benzene rings is 1. The normalized spacial score (nSPS) is 34.6. The van der Waals surface area contributed by atoms with Crippen molar-refractivity contribution >= 4 is 5.91 Å². The second-order valence-corrected chi connectivity index (χ2v) is 9.89. The van der Waals surface area contributed by atoms with Crippen LogP contribution in [0.15, 0.2) is 24.3 Å². The second kappa shape index (κ2) is 7.37. The number of hydrogen-bond acceptors (Lipinski definition) is 3. The van der Waals surface area contributed by atoms with Gasteiger partial charge in [-0.05, 0) is 74.3 Å². The van der Waals surface area contributed by atoms with Crippen molar-refractivity contribution in [3.8, 4) is 5.75 Å². The van der Waals surface area contributed by atoms with Crippen LogP contribution >= 0.6 is 0 Å². The van der Waals surface area contributed by atoms with E-state index < -0.39 is 0 Å². The van der Waals surface area contributed by atoms with Crippen molar-refractivity contribution in [1.82, 2.24) is 9.80 Å². The first kappa shape index (κ1) is 18.5. The van der Waals surface area contributed by atoms with Crippen molar-refractivity contribution in [3.63, 3.8) is 0 Å². The van der Waals surface area contributed by atoms with E-state index >= 15 is 0 Å². The minimum atomic E-state index is 0.0221. The van der Waals surface area contributed by atoms with E-state index in [2.05, 4.69) is 21.9 Å². The third-order valence-electron chi connectivity index (χ3n) is 8.04. The Bertz CT molecular complexity index is 688. The zero-order valence-corrected chi connectivity index (χ0v) is 17.2. The van der Waals surface area contributed by atoms with E-state index in [4.69, 9.17) is 4.74 Å². The Hall–Kier alpha value is -1.55. The summed E-state index contributed by atoms with van der Waals surface area (Å²) in [6.45, 7) is 4.87. The molecule has 4 aliphatic carbocycles. The van der Waals surface area contributed by atoms with Gasteiger partial charge in [0.25, 0.3) is 0 Å². The van der Waals surface area contributed by atoms with E-state index in [1.807, 2.05) is 12.1 Å². The molecule has 0 spiro atoms. The van der Waals surface area contributed by atoms with Gasteiger partial charge >= 0.3 is 0 Å². The molecule has 1 aromatic rings. The molecule has 6 rings (SSSR count). The number of amides is 1. The van der Waals surface area contributed by atoms with Crippen LogP contribution in [0.4, 0.5) is 0 Å². The molecule has 1 saturated heterocycles. The standard InChI is InChI=1S/C24H34N2O2/c1-28-22-5-3-2-4-21(22)6-7-25-8-10-26(11-9-25)23(27)24-15-18-12-19(16-24)14-20(13-18)17-24/h2-5,18-20H,6-17H2,1H3. The van der Waals surface area contributed by atoms with Crippen LogP contribution in [0.1, 0.15) is 44.1 Å². The number of methoxy groups -OCH3 is 1. The maximum absolute atomic E-state index is 13.5. The van der Waals surface area contributed by atoms with E-state index in [0.29, 0.717) is 5.91 Å². The number of para-hydroxylation sites is 1. The summed E-state index contributed by atoms with van der Waals surface area (Å²) in [5.41, 5.74) is 1.30. The Balaban J connectivity index is 1.16. The van der Waals surface area contributed by atoms with Crippen molar-refractivity contribution < 1.29 is 9.53 Å². The molecule has 4 bridgehead atoms. The van der Waals surface area contributed by atoms with Gasteiger partial charge in [-0.15, -0.1) is 0 Å². The van der Waals surface area contributed by atoms with Gasteiger partial charge in [-0.1, -0.05) is 18.2 Å². The highest BCUT2D eigenvalue weighted by molar-refractivity contribution is 5.83. The summed E-state index contributed by atoms with van der Waals surface area (Å²) >= 11 is 0. The first-order valence-electron chi connectivity index (χ1n) is 11.3. The largest absolute Gasteiger partial charge is 0.496 e. The van der Waals surface area contributed by atoms with Gasteiger partial charge < -0.3 is 9.64 Å². The van der Waals surface area contributed by atoms with Gasteiger partial charge in [0.2, 0.25) is 5.91 Å². The average Bonchev–Trinajstić information content (AvgIpc) is 2.71. The summed E-state index contributed by atoms with van der Waals surface area (Å²) in [6.07, 6.45) is 8.78. The number of carbonyl (C=O) groups is 1. The monoisotopic (exact) mass is 382 g/mol. The van der Waals surface area contributed by atoms with E-state index in [-0.39, 0.29) is 5.41 Å². The number of carbonyl (C=O) groups excluding carboxylic acids is 1. The lowest BCUT2D eigenvalue weighted by Gasteiger charge is -2.57. The highest BCUT2D eigenvalue weighted by Gasteiger charge is 2.55. The van der Waals surface area contributed by atoms with E-state index in [1.54, 1.807) is 7.11 Å². The fraction of sp³-hybridized carbons (Fsp3) is 0.708. The van der Waals surface area contributed by atoms with Crippen LogP contribution in [0.3, 0.4) is 0 Å². The third kappa shape index (κ3) is 3.34. The lowest BCUT2D eigenvalue weighted by atomic mass is 9.49. The summed E-state index contributed by atoms with van der Waals surface area (Å²) < 4.78 is 5.48. The van der Waals surface area contributed by atoms with Crippen molar-refractivity contribution in [2.24, 2.45) is 23.2 Å². The Morgan fingerprint density at radius 3 is 2.21 bits per heavy atom. The summed E-state index contributed by atoms with van der Waals surface area (Å²) in [5.74, 6) is 4.03. The predicted molar refractivity (Wildman–Crippen MR) is 110 cm³/mol. The molecule has 1 heterocycles. The SMILES string of the molecule is COc1ccccc1CCN1CCN(C(=O)C23CC4CC(CC(C4)C2)C3)CC1. The summed E-state index contributed by atoms with van der Waals surface area (Å²) in [4.78, 5) is 18.2. The van der Waals surface area contributed by atoms with Crippen LogP contribution in [0.5, 0.6) is 5.75 Å². The summed E-state index contributed by atoms with van der Waals surface area (Å²) in [7, 11) is 1.74. The van der Waals surface area contributed by atoms with E-state index in [1.165, 1.54) is 44.1 Å². The minimum Gasteiger partial charge on any atom is -0.496 e. The molecule has 0 N–H and O–H groups in total. The molecule has 5 fully saturated rings. The van der Waals surface area contributed by atoms with Crippen molar-refractivity contribution in [2.75, 3.05) is 39.8 Å². The third-order valence-corrected chi connectivity index (χ3v) is 8.04. The predicted octanol–water partition coefficient (Wildman–Crippen LogP) is 3.60. The summed E-state index contributed by atoms with van der Waals surface area (Å²) in [6, 6.07) is 8.31. The molecule has 4 saturated carbocycles. The highest BCUT2D eigenvalue weighted by Crippen LogP contribution is 2.60. The Morgan fingerprint density at radius 2 is 1.61 bits per heavy atom. The molecule has 1 aromatic carbocycles. The van der Waals surface area contributed by atoms with Crippen LogP contribution in [-0.4, -0.2) is 55.5 Å². The number of hydrogen-bond donors (Lipinski definition) is 0. The molecule has 4 nitrogen and oxygen atoms in total. The topological polar surface area (TPSA) is 32.8 Å². The maximum Gasteiger partial charge on any atom is 0.228 e. The highest BCUT2D eigenvalue weighted by atomic mass is 16.5. The first-order chi connectivity index (χ1) is 13.6. The lowest BCUT2D eigenvalue weighted by Crippen LogP contribution is -2.58. The Labute approximate surface area is 169 Å². The molecule has 0 unspecified atom stereocenters. The van der Waals surface area contributed by atoms with Crippen LogP contribution < -0.4 is 4.74 Å². The molecule has 0 radical (unpaired) electrons.